The number of hydrogen-bond acceptors (Lipinski definition) is 3. The van der Waals surface area contributed by atoms with Crippen molar-refractivity contribution in [1.29, 1.82) is 0 Å². The van der Waals surface area contributed by atoms with Gasteiger partial charge < -0.3 is 19.9 Å². The van der Waals surface area contributed by atoms with Crippen molar-refractivity contribution in [3.63, 3.8) is 0 Å². The smallest absolute Gasteiger partial charge is 0.193 e. The lowest BCUT2D eigenvalue weighted by Gasteiger charge is -2.35. The normalized spacial score (nSPS) is 18.8. The van der Waals surface area contributed by atoms with Crippen LogP contribution in [0.3, 0.4) is 0 Å². The quantitative estimate of drug-likeness (QED) is 0.599. The minimum absolute atomic E-state index is 0.628. The van der Waals surface area contributed by atoms with E-state index < -0.39 is 0 Å². The number of nitrogens with one attached hydrogen (secondary N) is 1. The zero-order valence-electron chi connectivity index (χ0n) is 17.2. The summed E-state index contributed by atoms with van der Waals surface area (Å²) >= 11 is 0. The van der Waals surface area contributed by atoms with Crippen LogP contribution in [0.2, 0.25) is 0 Å². The lowest BCUT2D eigenvalue weighted by Crippen LogP contribution is -2.42. The molecule has 1 unspecified atom stereocenters. The van der Waals surface area contributed by atoms with Gasteiger partial charge in [-0.1, -0.05) is 18.2 Å². The Morgan fingerprint density at radius 3 is 2.85 bits per heavy atom. The zero-order valence-corrected chi connectivity index (χ0v) is 17.2. The Morgan fingerprint density at radius 1 is 1.38 bits per heavy atom. The Morgan fingerprint density at radius 2 is 2.15 bits per heavy atom. The molecule has 0 aliphatic carbocycles. The largest absolute Gasteiger partial charge is 0.496 e. The third-order valence-electron chi connectivity index (χ3n) is 5.08. The molecule has 1 atom stereocenters. The van der Waals surface area contributed by atoms with Crippen molar-refractivity contribution in [3.8, 4) is 5.75 Å². The first kappa shape index (κ1) is 20.6. The molecule has 0 radical (unpaired) electrons. The number of piperidine rings is 1. The second-order valence-electron chi connectivity index (χ2n) is 7.46. The highest BCUT2D eigenvalue weighted by atomic mass is 16.5. The molecule has 5 nitrogen and oxygen atoms in total. The van der Waals surface area contributed by atoms with Gasteiger partial charge in [0.1, 0.15) is 5.75 Å². The predicted octanol–water partition coefficient (Wildman–Crippen LogP) is 3.21. The van der Waals surface area contributed by atoms with Gasteiger partial charge in [0, 0.05) is 44.8 Å². The molecule has 1 aromatic rings. The summed E-state index contributed by atoms with van der Waals surface area (Å²) in [6.45, 7) is 11.6. The number of para-hydroxylation sites is 1. The summed E-state index contributed by atoms with van der Waals surface area (Å²) in [6, 6.07) is 8.81. The lowest BCUT2D eigenvalue weighted by atomic mass is 9.97. The van der Waals surface area contributed by atoms with Crippen LogP contribution in [0.5, 0.6) is 5.75 Å². The van der Waals surface area contributed by atoms with Crippen molar-refractivity contribution < 1.29 is 4.74 Å². The molecular formula is C21H36N4O. The molecule has 0 aromatic heterocycles. The summed E-state index contributed by atoms with van der Waals surface area (Å²) in [4.78, 5) is 9.71. The van der Waals surface area contributed by atoms with Crippen molar-refractivity contribution in [1.82, 2.24) is 15.1 Å². The molecule has 1 aliphatic heterocycles. The molecule has 1 saturated heterocycles. The Balaban J connectivity index is 2.01. The fraction of sp³-hybridized carbons (Fsp3) is 0.667. The van der Waals surface area contributed by atoms with Crippen LogP contribution in [-0.4, -0.2) is 62.1 Å². The van der Waals surface area contributed by atoms with E-state index in [1.54, 1.807) is 7.11 Å². The van der Waals surface area contributed by atoms with E-state index in [1.165, 1.54) is 24.9 Å². The van der Waals surface area contributed by atoms with Crippen LogP contribution in [-0.2, 0) is 6.54 Å². The molecule has 2 rings (SSSR count). The number of methoxy groups -OCH3 is 1. The summed E-state index contributed by atoms with van der Waals surface area (Å²) in [5.41, 5.74) is 1.17. The van der Waals surface area contributed by atoms with Crippen LogP contribution in [0.4, 0.5) is 0 Å². The summed E-state index contributed by atoms with van der Waals surface area (Å²) < 4.78 is 5.48. The third kappa shape index (κ3) is 5.90. The van der Waals surface area contributed by atoms with Gasteiger partial charge in [-0.15, -0.1) is 0 Å². The minimum atomic E-state index is 0.628. The summed E-state index contributed by atoms with van der Waals surface area (Å²) in [5, 5.41) is 3.44. The minimum Gasteiger partial charge on any atom is -0.496 e. The van der Waals surface area contributed by atoms with Gasteiger partial charge in [-0.25, -0.2) is 0 Å². The van der Waals surface area contributed by atoms with E-state index in [4.69, 9.17) is 9.73 Å². The molecule has 0 spiro atoms. The van der Waals surface area contributed by atoms with E-state index in [2.05, 4.69) is 55.1 Å². The standard InChI is InChI=1S/C21H36N4O/c1-6-22-21(23-14-18-10-9-13-25(15-18)17(2)3)24(4)16-19-11-7-8-12-20(19)26-5/h7-8,11-12,17-18H,6,9-10,13-16H2,1-5H3,(H,22,23). The van der Waals surface area contributed by atoms with Crippen LogP contribution < -0.4 is 10.1 Å². The highest BCUT2D eigenvalue weighted by molar-refractivity contribution is 5.79. The number of guanidine groups is 1. The molecule has 0 bridgehead atoms. The molecule has 146 valence electrons. The highest BCUT2D eigenvalue weighted by Gasteiger charge is 2.21. The number of rotatable bonds is 7. The fourth-order valence-corrected chi connectivity index (χ4v) is 3.56. The van der Waals surface area contributed by atoms with Crippen LogP contribution in [0.15, 0.2) is 29.3 Å². The molecular weight excluding hydrogens is 324 g/mol. The fourth-order valence-electron chi connectivity index (χ4n) is 3.56. The molecule has 1 heterocycles. The molecule has 1 fully saturated rings. The summed E-state index contributed by atoms with van der Waals surface area (Å²) in [6.07, 6.45) is 2.56. The van der Waals surface area contributed by atoms with E-state index in [0.29, 0.717) is 12.0 Å². The molecule has 0 saturated carbocycles. The Kier molecular flexibility index (Phi) is 8.23. The average molecular weight is 361 g/mol. The maximum Gasteiger partial charge on any atom is 0.193 e. The first-order valence-corrected chi connectivity index (χ1v) is 9.90. The van der Waals surface area contributed by atoms with Gasteiger partial charge in [-0.3, -0.25) is 4.99 Å². The predicted molar refractivity (Wildman–Crippen MR) is 110 cm³/mol. The third-order valence-corrected chi connectivity index (χ3v) is 5.08. The molecule has 1 aliphatic rings. The van der Waals surface area contributed by atoms with Crippen LogP contribution in [0.1, 0.15) is 39.2 Å². The van der Waals surface area contributed by atoms with E-state index in [9.17, 15) is 0 Å². The maximum atomic E-state index is 5.48. The molecule has 0 amide bonds. The van der Waals surface area contributed by atoms with Crippen LogP contribution in [0.25, 0.3) is 0 Å². The zero-order chi connectivity index (χ0) is 18.9. The van der Waals surface area contributed by atoms with E-state index in [0.717, 1.165) is 37.9 Å². The first-order chi connectivity index (χ1) is 12.5. The van der Waals surface area contributed by atoms with Gasteiger partial charge in [0.25, 0.3) is 0 Å². The van der Waals surface area contributed by atoms with Gasteiger partial charge >= 0.3 is 0 Å². The Labute approximate surface area is 159 Å². The molecule has 26 heavy (non-hydrogen) atoms. The van der Waals surface area contributed by atoms with Crippen molar-refractivity contribution in [3.05, 3.63) is 29.8 Å². The van der Waals surface area contributed by atoms with Gasteiger partial charge in [0.15, 0.2) is 5.96 Å². The van der Waals surface area contributed by atoms with Crippen molar-refractivity contribution in [2.24, 2.45) is 10.9 Å². The number of nitrogens with zero attached hydrogens (tertiary/aromatic N) is 3. The topological polar surface area (TPSA) is 40.1 Å². The molecule has 1 aromatic carbocycles. The second-order valence-corrected chi connectivity index (χ2v) is 7.46. The van der Waals surface area contributed by atoms with E-state index in [-0.39, 0.29) is 0 Å². The maximum absolute atomic E-state index is 5.48. The monoisotopic (exact) mass is 360 g/mol. The van der Waals surface area contributed by atoms with Gasteiger partial charge in [0.05, 0.1) is 7.11 Å². The number of hydrogen-bond donors (Lipinski definition) is 1. The van der Waals surface area contributed by atoms with Crippen LogP contribution >= 0.6 is 0 Å². The van der Waals surface area contributed by atoms with Crippen molar-refractivity contribution in [2.45, 2.75) is 46.2 Å². The van der Waals surface area contributed by atoms with Crippen molar-refractivity contribution in [2.75, 3.05) is 40.3 Å². The Hall–Kier alpha value is -1.75. The lowest BCUT2D eigenvalue weighted by molar-refractivity contribution is 0.143. The van der Waals surface area contributed by atoms with Gasteiger partial charge in [0.2, 0.25) is 0 Å². The van der Waals surface area contributed by atoms with Crippen molar-refractivity contribution >= 4 is 5.96 Å². The van der Waals surface area contributed by atoms with E-state index >= 15 is 0 Å². The van der Waals surface area contributed by atoms with Gasteiger partial charge in [-0.2, -0.15) is 0 Å². The SMILES string of the molecule is CCNC(=NCC1CCCN(C(C)C)C1)N(C)Cc1ccccc1OC. The number of ether oxygens (including phenoxy) is 1. The number of benzene rings is 1. The molecule has 5 heteroatoms. The molecule has 1 N–H and O–H groups in total. The number of likely N-dealkylation sites (tertiary alicyclic amines) is 1. The number of aliphatic imine (C=N–C) groups is 1. The van der Waals surface area contributed by atoms with Crippen LogP contribution in [0, 0.1) is 5.92 Å². The summed E-state index contributed by atoms with van der Waals surface area (Å²) in [7, 11) is 3.82. The first-order valence-electron chi connectivity index (χ1n) is 9.90. The average Bonchev–Trinajstić information content (AvgIpc) is 2.65. The second kappa shape index (κ2) is 10.4. The Bertz CT molecular complexity index is 573. The highest BCUT2D eigenvalue weighted by Crippen LogP contribution is 2.20. The van der Waals surface area contributed by atoms with E-state index in [1.807, 2.05) is 12.1 Å². The van der Waals surface area contributed by atoms with Gasteiger partial charge in [-0.05, 0) is 52.1 Å². The summed E-state index contributed by atoms with van der Waals surface area (Å²) in [5.74, 6) is 2.55.